The molecule has 0 aliphatic carbocycles. The van der Waals surface area contributed by atoms with E-state index in [1.165, 1.54) is 0 Å². The van der Waals surface area contributed by atoms with Crippen LogP contribution in [0.4, 0.5) is 0 Å². The van der Waals surface area contributed by atoms with Gasteiger partial charge in [-0.3, -0.25) is 0 Å². The Bertz CT molecular complexity index is 697. The first-order chi connectivity index (χ1) is 9.98. The van der Waals surface area contributed by atoms with Gasteiger partial charge in [-0.15, -0.1) is 0 Å². The van der Waals surface area contributed by atoms with Crippen LogP contribution in [0.2, 0.25) is 10.0 Å². The van der Waals surface area contributed by atoms with Crippen molar-refractivity contribution in [2.75, 3.05) is 0 Å². The van der Waals surface area contributed by atoms with Crippen LogP contribution in [0.15, 0.2) is 58.7 Å². The molecule has 3 rings (SSSR count). The van der Waals surface area contributed by atoms with E-state index in [1.807, 2.05) is 48.5 Å². The third-order valence-corrected chi connectivity index (χ3v) is 4.10. The molecule has 2 aromatic carbocycles. The molecular weight excluding hydrogens is 303 g/mol. The van der Waals surface area contributed by atoms with E-state index >= 15 is 0 Å². The molecule has 1 aliphatic heterocycles. The lowest BCUT2D eigenvalue weighted by molar-refractivity contribution is 0.745. The Morgan fingerprint density at radius 3 is 1.57 bits per heavy atom. The van der Waals surface area contributed by atoms with Crippen LogP contribution in [0.5, 0.6) is 0 Å². The molecule has 1 aliphatic rings. The molecule has 0 fully saturated rings. The van der Waals surface area contributed by atoms with Crippen LogP contribution in [-0.2, 0) is 0 Å². The summed E-state index contributed by atoms with van der Waals surface area (Å²) in [7, 11) is 0. The van der Waals surface area contributed by atoms with Crippen LogP contribution in [0, 0.1) is 5.41 Å². The SMILES string of the molecule is CC1(C)C(c2cccc(Cl)c2)=NN=C1c1cccc(Cl)c1. The fraction of sp³-hybridized carbons (Fsp3) is 0.176. The van der Waals surface area contributed by atoms with Gasteiger partial charge in [-0.1, -0.05) is 47.5 Å². The van der Waals surface area contributed by atoms with Crippen molar-refractivity contribution in [3.8, 4) is 0 Å². The van der Waals surface area contributed by atoms with Gasteiger partial charge in [0.25, 0.3) is 0 Å². The van der Waals surface area contributed by atoms with E-state index in [2.05, 4.69) is 24.1 Å². The molecule has 2 nitrogen and oxygen atoms in total. The highest BCUT2D eigenvalue weighted by Crippen LogP contribution is 2.34. The first-order valence-electron chi connectivity index (χ1n) is 6.67. The van der Waals surface area contributed by atoms with Crippen LogP contribution >= 0.6 is 23.2 Å². The summed E-state index contributed by atoms with van der Waals surface area (Å²) in [6.07, 6.45) is 0. The molecule has 2 aromatic rings. The zero-order valence-electron chi connectivity index (χ0n) is 11.8. The molecular formula is C17H14Cl2N2. The Morgan fingerprint density at radius 2 is 1.19 bits per heavy atom. The van der Waals surface area contributed by atoms with Gasteiger partial charge in [-0.2, -0.15) is 10.2 Å². The van der Waals surface area contributed by atoms with Gasteiger partial charge in [0.2, 0.25) is 0 Å². The normalized spacial score (nSPS) is 16.6. The number of benzene rings is 2. The average molecular weight is 317 g/mol. The van der Waals surface area contributed by atoms with Crippen LogP contribution in [0.1, 0.15) is 25.0 Å². The third kappa shape index (κ3) is 2.61. The highest BCUT2D eigenvalue weighted by molar-refractivity contribution is 6.32. The fourth-order valence-electron chi connectivity index (χ4n) is 2.57. The maximum atomic E-state index is 6.08. The summed E-state index contributed by atoms with van der Waals surface area (Å²) in [6, 6.07) is 15.4. The monoisotopic (exact) mass is 316 g/mol. The standard InChI is InChI=1S/C17H14Cl2N2/c1-17(2)15(11-5-3-7-13(18)9-11)20-21-16(17)12-6-4-8-14(19)10-12/h3-10H,1-2H3. The summed E-state index contributed by atoms with van der Waals surface area (Å²) in [6.45, 7) is 4.22. The molecule has 0 saturated carbocycles. The van der Waals surface area contributed by atoms with Gasteiger partial charge in [0, 0.05) is 21.2 Å². The van der Waals surface area contributed by atoms with Gasteiger partial charge >= 0.3 is 0 Å². The molecule has 0 amide bonds. The molecule has 4 heteroatoms. The lowest BCUT2D eigenvalue weighted by Gasteiger charge is -2.23. The van der Waals surface area contributed by atoms with Gasteiger partial charge in [-0.05, 0) is 38.1 Å². The van der Waals surface area contributed by atoms with Gasteiger partial charge in [0.05, 0.1) is 16.8 Å². The first kappa shape index (κ1) is 14.3. The number of nitrogens with zero attached hydrogens (tertiary/aromatic N) is 2. The van der Waals surface area contributed by atoms with E-state index in [1.54, 1.807) is 0 Å². The molecule has 0 bridgehead atoms. The Morgan fingerprint density at radius 1 is 0.762 bits per heavy atom. The van der Waals surface area contributed by atoms with Crippen LogP contribution in [0.25, 0.3) is 0 Å². The number of hydrogen-bond donors (Lipinski definition) is 0. The van der Waals surface area contributed by atoms with Crippen LogP contribution in [0.3, 0.4) is 0 Å². The van der Waals surface area contributed by atoms with E-state index < -0.39 is 0 Å². The molecule has 21 heavy (non-hydrogen) atoms. The zero-order valence-corrected chi connectivity index (χ0v) is 13.3. The van der Waals surface area contributed by atoms with E-state index in [4.69, 9.17) is 23.2 Å². The number of rotatable bonds is 2. The van der Waals surface area contributed by atoms with E-state index in [0.29, 0.717) is 10.0 Å². The highest BCUT2D eigenvalue weighted by atomic mass is 35.5. The average Bonchev–Trinajstić information content (AvgIpc) is 2.74. The summed E-state index contributed by atoms with van der Waals surface area (Å²) < 4.78 is 0. The van der Waals surface area contributed by atoms with Crippen molar-refractivity contribution in [2.45, 2.75) is 13.8 Å². The topological polar surface area (TPSA) is 24.7 Å². The molecule has 1 heterocycles. The summed E-state index contributed by atoms with van der Waals surface area (Å²) in [4.78, 5) is 0. The predicted molar refractivity (Wildman–Crippen MR) is 89.8 cm³/mol. The number of halogens is 2. The summed E-state index contributed by atoms with van der Waals surface area (Å²) >= 11 is 12.2. The second-order valence-electron chi connectivity index (χ2n) is 5.54. The van der Waals surface area contributed by atoms with Crippen molar-refractivity contribution in [1.29, 1.82) is 0 Å². The fourth-order valence-corrected chi connectivity index (χ4v) is 2.95. The Balaban J connectivity index is 2.00. The van der Waals surface area contributed by atoms with E-state index in [9.17, 15) is 0 Å². The van der Waals surface area contributed by atoms with Crippen LogP contribution < -0.4 is 0 Å². The molecule has 0 spiro atoms. The van der Waals surface area contributed by atoms with Gasteiger partial charge < -0.3 is 0 Å². The lowest BCUT2D eigenvalue weighted by atomic mass is 9.77. The maximum Gasteiger partial charge on any atom is 0.0819 e. The van der Waals surface area contributed by atoms with Gasteiger partial charge in [-0.25, -0.2) is 0 Å². The minimum absolute atomic E-state index is 0.296. The van der Waals surface area contributed by atoms with Crippen molar-refractivity contribution >= 4 is 34.6 Å². The van der Waals surface area contributed by atoms with Crippen molar-refractivity contribution in [3.63, 3.8) is 0 Å². The number of hydrogen-bond acceptors (Lipinski definition) is 2. The minimum atomic E-state index is -0.296. The Kier molecular flexibility index (Phi) is 3.60. The Labute approximate surface area is 134 Å². The quantitative estimate of drug-likeness (QED) is 0.725. The zero-order chi connectivity index (χ0) is 15.0. The van der Waals surface area contributed by atoms with Gasteiger partial charge in [0.1, 0.15) is 0 Å². The smallest absolute Gasteiger partial charge is 0.0819 e. The second-order valence-corrected chi connectivity index (χ2v) is 6.42. The maximum absolute atomic E-state index is 6.08. The van der Waals surface area contributed by atoms with Crippen molar-refractivity contribution in [3.05, 3.63) is 69.7 Å². The van der Waals surface area contributed by atoms with Crippen molar-refractivity contribution in [2.24, 2.45) is 15.6 Å². The van der Waals surface area contributed by atoms with Crippen molar-refractivity contribution < 1.29 is 0 Å². The largest absolute Gasteiger partial charge is 0.154 e. The molecule has 106 valence electrons. The molecule has 0 atom stereocenters. The highest BCUT2D eigenvalue weighted by Gasteiger charge is 2.37. The molecule has 0 unspecified atom stereocenters. The molecule has 0 aromatic heterocycles. The minimum Gasteiger partial charge on any atom is -0.154 e. The van der Waals surface area contributed by atoms with E-state index in [-0.39, 0.29) is 5.41 Å². The second kappa shape index (κ2) is 5.28. The van der Waals surface area contributed by atoms with Crippen LogP contribution in [-0.4, -0.2) is 11.4 Å². The molecule has 0 N–H and O–H groups in total. The van der Waals surface area contributed by atoms with Gasteiger partial charge in [0.15, 0.2) is 0 Å². The Hall–Kier alpha value is -1.64. The predicted octanol–water partition coefficient (Wildman–Crippen LogP) is 5.23. The third-order valence-electron chi connectivity index (χ3n) is 3.63. The first-order valence-corrected chi connectivity index (χ1v) is 7.42. The summed E-state index contributed by atoms with van der Waals surface area (Å²) in [5.41, 5.74) is 3.52. The summed E-state index contributed by atoms with van der Waals surface area (Å²) in [5, 5.41) is 10.2. The summed E-state index contributed by atoms with van der Waals surface area (Å²) in [5.74, 6) is 0. The lowest BCUT2D eigenvalue weighted by Crippen LogP contribution is -2.31. The molecule has 0 radical (unpaired) electrons. The van der Waals surface area contributed by atoms with E-state index in [0.717, 1.165) is 22.6 Å². The van der Waals surface area contributed by atoms with Crippen molar-refractivity contribution in [1.82, 2.24) is 0 Å². The molecule has 0 saturated heterocycles.